The van der Waals surface area contributed by atoms with Gasteiger partial charge in [0.25, 0.3) is 5.56 Å². The van der Waals surface area contributed by atoms with E-state index in [-0.39, 0.29) is 5.56 Å². The van der Waals surface area contributed by atoms with E-state index in [1.165, 1.54) is 17.3 Å². The van der Waals surface area contributed by atoms with E-state index in [9.17, 15) is 4.79 Å². The number of ether oxygens (including phenoxy) is 1. The Kier molecular flexibility index (Phi) is 6.74. The molecular weight excluding hydrogens is 460 g/mol. The number of aromatic nitrogens is 3. The number of aryl methyl sites for hydroxylation is 2. The number of rotatable bonds is 7. The summed E-state index contributed by atoms with van der Waals surface area (Å²) >= 11 is 1.48. The van der Waals surface area contributed by atoms with E-state index in [1.807, 2.05) is 44.2 Å². The number of hydrogen-bond acceptors (Lipinski definition) is 7. The van der Waals surface area contributed by atoms with Gasteiger partial charge in [0.05, 0.1) is 24.1 Å². The Morgan fingerprint density at radius 1 is 1.14 bits per heavy atom. The Morgan fingerprint density at radius 3 is 2.74 bits per heavy atom. The average molecular weight is 489 g/mol. The minimum absolute atomic E-state index is 0.0609. The Labute approximate surface area is 208 Å². The maximum atomic E-state index is 12.9. The molecule has 3 heterocycles. The number of oxazole rings is 1. The van der Waals surface area contributed by atoms with Crippen molar-refractivity contribution in [3.8, 4) is 17.2 Å². The lowest BCUT2D eigenvalue weighted by molar-refractivity contribution is 0.241. The first-order valence-corrected chi connectivity index (χ1v) is 12.6. The Morgan fingerprint density at radius 2 is 1.97 bits per heavy atom. The third-order valence-electron chi connectivity index (χ3n) is 6.19. The van der Waals surface area contributed by atoms with Crippen molar-refractivity contribution in [1.29, 1.82) is 0 Å². The van der Waals surface area contributed by atoms with Crippen LogP contribution in [0.1, 0.15) is 33.8 Å². The van der Waals surface area contributed by atoms with Crippen LogP contribution in [-0.2, 0) is 25.3 Å². The maximum Gasteiger partial charge on any atom is 0.256 e. The van der Waals surface area contributed by atoms with Crippen molar-refractivity contribution in [1.82, 2.24) is 19.9 Å². The van der Waals surface area contributed by atoms with E-state index < -0.39 is 0 Å². The molecule has 1 N–H and O–H groups in total. The van der Waals surface area contributed by atoms with Crippen LogP contribution in [0.5, 0.6) is 5.75 Å². The van der Waals surface area contributed by atoms with Gasteiger partial charge in [0, 0.05) is 37.4 Å². The average Bonchev–Trinajstić information content (AvgIpc) is 3.24. The molecule has 0 bridgehead atoms. The topological polar surface area (TPSA) is 84.2 Å². The molecule has 35 heavy (non-hydrogen) atoms. The van der Waals surface area contributed by atoms with E-state index in [4.69, 9.17) is 14.1 Å². The van der Waals surface area contributed by atoms with Gasteiger partial charge in [-0.2, -0.15) is 0 Å². The van der Waals surface area contributed by atoms with Crippen molar-refractivity contribution >= 4 is 11.8 Å². The zero-order valence-corrected chi connectivity index (χ0v) is 20.9. The molecule has 1 aliphatic heterocycles. The van der Waals surface area contributed by atoms with Gasteiger partial charge in [-0.1, -0.05) is 41.6 Å². The maximum absolute atomic E-state index is 12.9. The highest BCUT2D eigenvalue weighted by molar-refractivity contribution is 7.98. The first-order chi connectivity index (χ1) is 17.0. The van der Waals surface area contributed by atoms with Crippen molar-refractivity contribution in [3.05, 3.63) is 92.7 Å². The molecule has 5 rings (SSSR count). The molecule has 1 aliphatic rings. The van der Waals surface area contributed by atoms with Crippen molar-refractivity contribution in [2.45, 2.75) is 44.3 Å². The summed E-state index contributed by atoms with van der Waals surface area (Å²) in [6, 6.07) is 16.2. The second-order valence-corrected chi connectivity index (χ2v) is 9.75. The lowest BCUT2D eigenvalue weighted by atomic mass is 10.1. The molecule has 0 saturated carbocycles. The third kappa shape index (κ3) is 5.33. The predicted octanol–water partition coefficient (Wildman–Crippen LogP) is 4.90. The highest BCUT2D eigenvalue weighted by atomic mass is 32.2. The normalized spacial score (nSPS) is 13.6. The molecule has 8 heteroatoms. The van der Waals surface area contributed by atoms with E-state index >= 15 is 0 Å². The number of nitrogens with zero attached hydrogens (tertiary/aromatic N) is 3. The van der Waals surface area contributed by atoms with Crippen LogP contribution < -0.4 is 10.3 Å². The van der Waals surface area contributed by atoms with E-state index in [2.05, 4.69) is 33.1 Å². The van der Waals surface area contributed by atoms with Gasteiger partial charge in [-0.3, -0.25) is 9.69 Å². The predicted molar refractivity (Wildman–Crippen MR) is 137 cm³/mol. The summed E-state index contributed by atoms with van der Waals surface area (Å²) in [4.78, 5) is 27.6. The number of hydrogen-bond donors (Lipinski definition) is 1. The largest absolute Gasteiger partial charge is 0.497 e. The summed E-state index contributed by atoms with van der Waals surface area (Å²) in [5.41, 5.74) is 5.76. The molecule has 0 atom stereocenters. The highest BCUT2D eigenvalue weighted by Crippen LogP contribution is 2.27. The third-order valence-corrected chi connectivity index (χ3v) is 7.08. The van der Waals surface area contributed by atoms with Crippen LogP contribution in [0.4, 0.5) is 0 Å². The minimum Gasteiger partial charge on any atom is -0.497 e. The summed E-state index contributed by atoms with van der Waals surface area (Å²) in [6.07, 6.45) is 0.753. The number of aromatic amines is 1. The summed E-state index contributed by atoms with van der Waals surface area (Å²) in [5.74, 6) is 2.82. The number of fused-ring (bicyclic) bond motifs is 1. The Hall–Kier alpha value is -3.36. The number of nitrogens with one attached hydrogen (secondary N) is 1. The van der Waals surface area contributed by atoms with Crippen LogP contribution in [0.3, 0.4) is 0 Å². The number of benzene rings is 2. The van der Waals surface area contributed by atoms with E-state index in [0.29, 0.717) is 23.3 Å². The summed E-state index contributed by atoms with van der Waals surface area (Å²) in [7, 11) is 1.66. The van der Waals surface area contributed by atoms with E-state index in [1.54, 1.807) is 7.11 Å². The fourth-order valence-corrected chi connectivity index (χ4v) is 5.13. The van der Waals surface area contributed by atoms with Gasteiger partial charge in [-0.15, -0.1) is 0 Å². The Balaban J connectivity index is 1.25. The molecule has 0 aliphatic carbocycles. The van der Waals surface area contributed by atoms with Crippen molar-refractivity contribution in [2.24, 2.45) is 0 Å². The summed E-state index contributed by atoms with van der Waals surface area (Å²) in [5, 5.41) is 0.622. The number of methoxy groups -OCH3 is 1. The second-order valence-electron chi connectivity index (χ2n) is 8.79. The van der Waals surface area contributed by atoms with Crippen molar-refractivity contribution in [3.63, 3.8) is 0 Å². The molecule has 2 aromatic carbocycles. The number of thioether (sulfide) groups is 1. The van der Waals surface area contributed by atoms with Crippen LogP contribution >= 0.6 is 11.8 Å². The van der Waals surface area contributed by atoms with Crippen LogP contribution in [0.15, 0.2) is 62.9 Å². The molecule has 180 valence electrons. The molecule has 7 nitrogen and oxygen atoms in total. The van der Waals surface area contributed by atoms with Gasteiger partial charge in [-0.05, 0) is 43.7 Å². The zero-order chi connectivity index (χ0) is 24.4. The SMILES string of the molecule is COc1ccc(CN2CCc3nc(SCc4nc(-c5cccc(C)c5)oc4C)[nH]c(=O)c3C2)cc1. The molecule has 0 spiro atoms. The van der Waals surface area contributed by atoms with Crippen LogP contribution in [-0.4, -0.2) is 33.5 Å². The quantitative estimate of drug-likeness (QED) is 0.293. The van der Waals surface area contributed by atoms with Gasteiger partial charge in [-0.25, -0.2) is 9.97 Å². The molecule has 2 aromatic heterocycles. The molecule has 0 radical (unpaired) electrons. The van der Waals surface area contributed by atoms with Crippen LogP contribution in [0.25, 0.3) is 11.5 Å². The highest BCUT2D eigenvalue weighted by Gasteiger charge is 2.22. The molecule has 0 amide bonds. The minimum atomic E-state index is -0.0609. The van der Waals surface area contributed by atoms with Gasteiger partial charge in [0.15, 0.2) is 5.16 Å². The first-order valence-electron chi connectivity index (χ1n) is 11.6. The molecule has 4 aromatic rings. The molecule has 0 unspecified atom stereocenters. The lowest BCUT2D eigenvalue weighted by Gasteiger charge is -2.27. The van der Waals surface area contributed by atoms with E-state index in [0.717, 1.165) is 59.1 Å². The summed E-state index contributed by atoms with van der Waals surface area (Å²) < 4.78 is 11.1. The van der Waals surface area contributed by atoms with Gasteiger partial charge in [0.1, 0.15) is 11.5 Å². The fourth-order valence-electron chi connectivity index (χ4n) is 4.25. The van der Waals surface area contributed by atoms with Gasteiger partial charge < -0.3 is 14.1 Å². The monoisotopic (exact) mass is 488 g/mol. The van der Waals surface area contributed by atoms with Crippen molar-refractivity contribution < 1.29 is 9.15 Å². The lowest BCUT2D eigenvalue weighted by Crippen LogP contribution is -2.35. The van der Waals surface area contributed by atoms with Crippen LogP contribution in [0.2, 0.25) is 0 Å². The standard InChI is InChI=1S/C27H28N4O3S/c1-17-5-4-6-20(13-17)26-28-24(18(2)34-26)16-35-27-29-23-11-12-31(15-22(23)25(32)30-27)14-19-7-9-21(33-3)10-8-19/h4-10,13H,11-12,14-16H2,1-3H3,(H,29,30,32). The zero-order valence-electron chi connectivity index (χ0n) is 20.1. The molecular formula is C27H28N4O3S. The molecule has 0 fully saturated rings. The smallest absolute Gasteiger partial charge is 0.256 e. The molecule has 0 saturated heterocycles. The Bertz CT molecular complexity index is 1390. The summed E-state index contributed by atoms with van der Waals surface area (Å²) in [6.45, 7) is 6.21. The van der Waals surface area contributed by atoms with Crippen molar-refractivity contribution in [2.75, 3.05) is 13.7 Å². The fraction of sp³-hybridized carbons (Fsp3) is 0.296. The van der Waals surface area contributed by atoms with Crippen LogP contribution in [0, 0.1) is 13.8 Å². The van der Waals surface area contributed by atoms with Gasteiger partial charge in [0.2, 0.25) is 5.89 Å². The second kappa shape index (κ2) is 10.1. The first kappa shape index (κ1) is 23.4. The van der Waals surface area contributed by atoms with Gasteiger partial charge >= 0.3 is 0 Å². The number of H-pyrrole nitrogens is 1.